The van der Waals surface area contributed by atoms with Crippen molar-refractivity contribution >= 4 is 31.6 Å². The van der Waals surface area contributed by atoms with E-state index in [0.29, 0.717) is 23.8 Å². The third-order valence-electron chi connectivity index (χ3n) is 3.56. The fourth-order valence-corrected chi connectivity index (χ4v) is 3.25. The second kappa shape index (κ2) is 7.37. The van der Waals surface area contributed by atoms with Gasteiger partial charge >= 0.3 is 0 Å². The van der Waals surface area contributed by atoms with Crippen molar-refractivity contribution in [2.45, 2.75) is 13.3 Å². The Balaban J connectivity index is 1.75. The Kier molecular flexibility index (Phi) is 5.19. The molecule has 0 aliphatic rings. The predicted molar refractivity (Wildman–Crippen MR) is 99.8 cm³/mol. The lowest BCUT2D eigenvalue weighted by atomic mass is 10.1. The van der Waals surface area contributed by atoms with E-state index in [1.165, 1.54) is 0 Å². The first-order valence-electron chi connectivity index (χ1n) is 7.64. The van der Waals surface area contributed by atoms with Crippen molar-refractivity contribution in [3.63, 3.8) is 0 Å². The molecule has 1 N–H and O–H groups in total. The van der Waals surface area contributed by atoms with Crippen molar-refractivity contribution < 1.29 is 12.9 Å². The summed E-state index contributed by atoms with van der Waals surface area (Å²) in [6.45, 7) is 1.59. The zero-order valence-corrected chi connectivity index (χ0v) is 15.8. The summed E-state index contributed by atoms with van der Waals surface area (Å²) in [5, 5.41) is 3.99. The lowest BCUT2D eigenvalue weighted by Gasteiger charge is -2.05. The summed E-state index contributed by atoms with van der Waals surface area (Å²) in [6.07, 6.45) is 0.531. The monoisotopic (exact) mass is 421 g/mol. The zero-order chi connectivity index (χ0) is 17.9. The lowest BCUT2D eigenvalue weighted by Crippen LogP contribution is -2.14. The highest BCUT2D eigenvalue weighted by Gasteiger charge is 2.12. The van der Waals surface area contributed by atoms with Gasteiger partial charge in [0.15, 0.2) is 0 Å². The maximum absolute atomic E-state index is 11.6. The van der Waals surface area contributed by atoms with Crippen molar-refractivity contribution in [2.75, 3.05) is 10.5 Å². The summed E-state index contributed by atoms with van der Waals surface area (Å²) in [5.74, 6) is 1.00. The first-order valence-corrected chi connectivity index (χ1v) is 10.1. The van der Waals surface area contributed by atoms with Gasteiger partial charge in [-0.25, -0.2) is 8.42 Å². The number of halogens is 1. The quantitative estimate of drug-likeness (QED) is 0.652. The van der Waals surface area contributed by atoms with Gasteiger partial charge in [-0.05, 0) is 42.8 Å². The molecule has 2 aromatic carbocycles. The maximum atomic E-state index is 11.6. The Morgan fingerprint density at radius 3 is 2.52 bits per heavy atom. The molecule has 0 unspecified atom stereocenters. The number of benzene rings is 2. The van der Waals surface area contributed by atoms with Crippen LogP contribution in [0.5, 0.6) is 0 Å². The molecule has 0 aliphatic carbocycles. The minimum atomic E-state index is -3.29. The van der Waals surface area contributed by atoms with Crippen molar-refractivity contribution in [3.8, 4) is 11.4 Å². The van der Waals surface area contributed by atoms with Crippen LogP contribution in [0.3, 0.4) is 0 Å². The van der Waals surface area contributed by atoms with Gasteiger partial charge in [0.1, 0.15) is 0 Å². The molecule has 25 heavy (non-hydrogen) atoms. The molecule has 0 radical (unpaired) electrons. The van der Waals surface area contributed by atoms with E-state index in [1.807, 2.05) is 24.3 Å². The Hall–Kier alpha value is -2.19. The van der Waals surface area contributed by atoms with Crippen LogP contribution in [0.15, 0.2) is 57.5 Å². The molecular weight excluding hydrogens is 406 g/mol. The van der Waals surface area contributed by atoms with Gasteiger partial charge in [0.2, 0.25) is 21.7 Å². The van der Waals surface area contributed by atoms with E-state index in [0.717, 1.165) is 15.6 Å². The molecule has 1 aromatic heterocycles. The van der Waals surface area contributed by atoms with Crippen LogP contribution in [0.2, 0.25) is 0 Å². The van der Waals surface area contributed by atoms with Crippen molar-refractivity contribution in [1.82, 2.24) is 10.1 Å². The van der Waals surface area contributed by atoms with Crippen LogP contribution in [0.4, 0.5) is 5.69 Å². The lowest BCUT2D eigenvalue weighted by molar-refractivity contribution is 0.385. The van der Waals surface area contributed by atoms with E-state index in [9.17, 15) is 8.42 Å². The van der Waals surface area contributed by atoms with Crippen molar-refractivity contribution in [3.05, 3.63) is 64.5 Å². The first kappa shape index (κ1) is 17.6. The van der Waals surface area contributed by atoms with E-state index in [2.05, 4.69) is 30.8 Å². The SMILES string of the molecule is CCS(=O)(=O)Nc1ccc(-c2noc(Cc3ccccc3Br)n2)cc1. The van der Waals surface area contributed by atoms with Gasteiger partial charge in [0.05, 0.1) is 12.2 Å². The van der Waals surface area contributed by atoms with Gasteiger partial charge in [-0.2, -0.15) is 4.98 Å². The van der Waals surface area contributed by atoms with Gasteiger partial charge in [-0.15, -0.1) is 0 Å². The second-order valence-corrected chi connectivity index (χ2v) is 8.23. The number of rotatable bonds is 6. The molecule has 0 aliphatic heterocycles. The van der Waals surface area contributed by atoms with E-state index in [4.69, 9.17) is 4.52 Å². The predicted octanol–water partition coefficient (Wildman–Crippen LogP) is 3.85. The normalized spacial score (nSPS) is 11.4. The van der Waals surface area contributed by atoms with Crippen molar-refractivity contribution in [1.29, 1.82) is 0 Å². The molecule has 0 fully saturated rings. The molecule has 8 heteroatoms. The molecule has 0 saturated carbocycles. The van der Waals surface area contributed by atoms with Gasteiger partial charge in [0, 0.05) is 15.7 Å². The average molecular weight is 422 g/mol. The Morgan fingerprint density at radius 1 is 1.12 bits per heavy atom. The van der Waals surface area contributed by atoms with E-state index < -0.39 is 10.0 Å². The number of nitrogens with one attached hydrogen (secondary N) is 1. The van der Waals surface area contributed by atoms with Crippen LogP contribution in [-0.2, 0) is 16.4 Å². The Morgan fingerprint density at radius 2 is 1.84 bits per heavy atom. The van der Waals surface area contributed by atoms with E-state index >= 15 is 0 Å². The summed E-state index contributed by atoms with van der Waals surface area (Å²) >= 11 is 3.50. The molecule has 3 aromatic rings. The van der Waals surface area contributed by atoms with E-state index in [-0.39, 0.29) is 5.75 Å². The Labute approximate surface area is 154 Å². The fourth-order valence-electron chi connectivity index (χ4n) is 2.19. The minimum Gasteiger partial charge on any atom is -0.339 e. The number of nitrogens with zero attached hydrogens (tertiary/aromatic N) is 2. The summed E-state index contributed by atoms with van der Waals surface area (Å²) in [5.41, 5.74) is 2.31. The Bertz CT molecular complexity index is 969. The topological polar surface area (TPSA) is 85.1 Å². The largest absolute Gasteiger partial charge is 0.339 e. The number of hydrogen-bond acceptors (Lipinski definition) is 5. The van der Waals surface area contributed by atoms with Gasteiger partial charge in [0.25, 0.3) is 0 Å². The molecular formula is C17H16BrN3O3S. The highest BCUT2D eigenvalue weighted by Crippen LogP contribution is 2.22. The molecule has 3 rings (SSSR count). The molecule has 0 atom stereocenters. The fraction of sp³-hybridized carbons (Fsp3) is 0.176. The highest BCUT2D eigenvalue weighted by molar-refractivity contribution is 9.10. The number of anilines is 1. The van der Waals surface area contributed by atoms with Crippen LogP contribution in [0.25, 0.3) is 11.4 Å². The third-order valence-corrected chi connectivity index (χ3v) is 5.64. The van der Waals surface area contributed by atoms with Crippen molar-refractivity contribution in [2.24, 2.45) is 0 Å². The molecule has 0 amide bonds. The third kappa shape index (κ3) is 4.46. The smallest absolute Gasteiger partial charge is 0.232 e. The van der Waals surface area contributed by atoms with Crippen LogP contribution >= 0.6 is 15.9 Å². The second-order valence-electron chi connectivity index (χ2n) is 5.36. The van der Waals surface area contributed by atoms with Crippen LogP contribution < -0.4 is 4.72 Å². The number of hydrogen-bond donors (Lipinski definition) is 1. The summed E-state index contributed by atoms with van der Waals surface area (Å²) < 4.78 is 31.9. The van der Waals surface area contributed by atoms with Crippen LogP contribution in [0, 0.1) is 0 Å². The van der Waals surface area contributed by atoms with Gasteiger partial charge in [-0.1, -0.05) is 39.3 Å². The summed E-state index contributed by atoms with van der Waals surface area (Å²) in [4.78, 5) is 4.40. The molecule has 1 heterocycles. The van der Waals surface area contributed by atoms with Crippen LogP contribution in [0.1, 0.15) is 18.4 Å². The summed E-state index contributed by atoms with van der Waals surface area (Å²) in [7, 11) is -3.29. The number of aromatic nitrogens is 2. The zero-order valence-electron chi connectivity index (χ0n) is 13.4. The van der Waals surface area contributed by atoms with Crippen LogP contribution in [-0.4, -0.2) is 24.3 Å². The molecule has 0 spiro atoms. The maximum Gasteiger partial charge on any atom is 0.232 e. The molecule has 6 nitrogen and oxygen atoms in total. The molecule has 0 saturated heterocycles. The van der Waals surface area contributed by atoms with Gasteiger partial charge < -0.3 is 4.52 Å². The number of sulfonamides is 1. The average Bonchev–Trinajstić information content (AvgIpc) is 3.06. The molecule has 130 valence electrons. The van der Waals surface area contributed by atoms with E-state index in [1.54, 1.807) is 31.2 Å². The standard InChI is InChI=1S/C17H16BrN3O3S/c1-2-25(22,23)21-14-9-7-12(8-10-14)17-19-16(24-20-17)11-13-5-3-4-6-15(13)18/h3-10,21H,2,11H2,1H3. The van der Waals surface area contributed by atoms with Gasteiger partial charge in [-0.3, -0.25) is 4.72 Å². The molecule has 0 bridgehead atoms. The summed E-state index contributed by atoms with van der Waals surface area (Å²) in [6, 6.07) is 14.7. The highest BCUT2D eigenvalue weighted by atomic mass is 79.9. The first-order chi connectivity index (χ1) is 12.0. The minimum absolute atomic E-state index is 0.0258.